The molecule has 0 aliphatic heterocycles. The molecule has 172 valence electrons. The second kappa shape index (κ2) is 8.11. The van der Waals surface area contributed by atoms with Crippen LogP contribution in [0.15, 0.2) is 66.9 Å². The molecule has 3 aromatic carbocycles. The number of aromatic amines is 1. The molecule has 0 bridgehead atoms. The molecule has 0 aliphatic rings. The van der Waals surface area contributed by atoms with Crippen molar-refractivity contribution in [3.8, 4) is 16.8 Å². The lowest BCUT2D eigenvalue weighted by molar-refractivity contribution is 0.0223. The van der Waals surface area contributed by atoms with Gasteiger partial charge in [-0.1, -0.05) is 12.1 Å². The predicted octanol–water partition coefficient (Wildman–Crippen LogP) is 5.98. The van der Waals surface area contributed by atoms with Gasteiger partial charge in [0.1, 0.15) is 5.82 Å². The van der Waals surface area contributed by atoms with Gasteiger partial charge in [0.05, 0.1) is 28.4 Å². The summed E-state index contributed by atoms with van der Waals surface area (Å²) >= 11 is 0. The highest BCUT2D eigenvalue weighted by atomic mass is 19.1. The minimum absolute atomic E-state index is 0.223. The van der Waals surface area contributed by atoms with Gasteiger partial charge in [-0.3, -0.25) is 5.10 Å². The number of aromatic carboxylic acids is 1. The van der Waals surface area contributed by atoms with Gasteiger partial charge in [-0.15, -0.1) is 0 Å². The van der Waals surface area contributed by atoms with E-state index in [-0.39, 0.29) is 11.4 Å². The van der Waals surface area contributed by atoms with Crippen molar-refractivity contribution in [3.63, 3.8) is 0 Å². The maximum absolute atomic E-state index is 13.8. The molecule has 0 radical (unpaired) electrons. The number of aromatic nitrogens is 3. The van der Waals surface area contributed by atoms with Gasteiger partial charge < -0.3 is 14.4 Å². The molecule has 0 saturated carbocycles. The van der Waals surface area contributed by atoms with Crippen molar-refractivity contribution >= 4 is 27.8 Å². The van der Waals surface area contributed by atoms with Gasteiger partial charge >= 0.3 is 5.97 Å². The summed E-state index contributed by atoms with van der Waals surface area (Å²) in [4.78, 5) is 11.4. The zero-order chi connectivity index (χ0) is 24.0. The Hall–Kier alpha value is -3.97. The maximum atomic E-state index is 13.8. The largest absolute Gasteiger partial charge is 0.478 e. The SMILES string of the molecule is COC(C)(C)Cc1c(-c2ccc(C(=O)O)cc2)c2cc3[nH]ncc3cc2n1-c1ccc(F)cc1. The molecule has 0 atom stereocenters. The van der Waals surface area contributed by atoms with E-state index in [1.54, 1.807) is 37.6 Å². The number of methoxy groups -OCH3 is 1. The third kappa shape index (κ3) is 3.74. The van der Waals surface area contributed by atoms with Crippen LogP contribution < -0.4 is 0 Å². The van der Waals surface area contributed by atoms with Crippen molar-refractivity contribution in [2.75, 3.05) is 7.11 Å². The fraction of sp³-hybridized carbons (Fsp3) is 0.185. The topological polar surface area (TPSA) is 80.1 Å². The van der Waals surface area contributed by atoms with Crippen molar-refractivity contribution in [1.82, 2.24) is 14.8 Å². The summed E-state index contributed by atoms with van der Waals surface area (Å²) in [6.07, 6.45) is 2.34. The van der Waals surface area contributed by atoms with Crippen molar-refractivity contribution in [1.29, 1.82) is 0 Å². The van der Waals surface area contributed by atoms with Crippen LogP contribution in [0.5, 0.6) is 0 Å². The number of fused-ring (bicyclic) bond motifs is 2. The Morgan fingerprint density at radius 3 is 2.47 bits per heavy atom. The maximum Gasteiger partial charge on any atom is 0.335 e. The van der Waals surface area contributed by atoms with E-state index >= 15 is 0 Å². The minimum Gasteiger partial charge on any atom is -0.478 e. The summed E-state index contributed by atoms with van der Waals surface area (Å²) in [5.41, 5.74) is 5.24. The molecule has 2 aromatic heterocycles. The number of carboxylic acid groups (broad SMARTS) is 1. The van der Waals surface area contributed by atoms with Gasteiger partial charge in [0, 0.05) is 41.2 Å². The number of carboxylic acids is 1. The van der Waals surface area contributed by atoms with Gasteiger partial charge in [-0.25, -0.2) is 9.18 Å². The Morgan fingerprint density at radius 2 is 1.82 bits per heavy atom. The van der Waals surface area contributed by atoms with Crippen LogP contribution >= 0.6 is 0 Å². The van der Waals surface area contributed by atoms with Crippen LogP contribution in [0.3, 0.4) is 0 Å². The highest BCUT2D eigenvalue weighted by Crippen LogP contribution is 2.40. The van der Waals surface area contributed by atoms with E-state index in [1.807, 2.05) is 26.0 Å². The van der Waals surface area contributed by atoms with Crippen LogP contribution in [-0.2, 0) is 11.2 Å². The Labute approximate surface area is 195 Å². The van der Waals surface area contributed by atoms with Crippen LogP contribution in [0.4, 0.5) is 4.39 Å². The third-order valence-corrected chi connectivity index (χ3v) is 6.28. The summed E-state index contributed by atoms with van der Waals surface area (Å²) in [5.74, 6) is -1.28. The van der Waals surface area contributed by atoms with Crippen molar-refractivity contribution in [2.45, 2.75) is 25.9 Å². The fourth-order valence-corrected chi connectivity index (χ4v) is 4.41. The standard InChI is InChI=1S/C27H24FN3O3/c1-27(2,34-3)14-24-25(16-4-6-17(7-5-16)26(32)33)21-13-22-18(15-29-30-22)12-23(21)31(24)20-10-8-19(28)9-11-20/h4-13,15H,14H2,1-3H3,(H,29,30)(H,32,33). The number of ether oxygens (including phenoxy) is 1. The van der Waals surface area contributed by atoms with Crippen LogP contribution in [0.1, 0.15) is 29.9 Å². The molecule has 0 saturated heterocycles. The normalized spacial score (nSPS) is 12.0. The molecule has 5 aromatic rings. The van der Waals surface area contributed by atoms with E-state index in [4.69, 9.17) is 4.74 Å². The number of H-pyrrole nitrogens is 1. The predicted molar refractivity (Wildman–Crippen MR) is 130 cm³/mol. The first-order chi connectivity index (χ1) is 16.3. The molecule has 7 heteroatoms. The number of hydrogen-bond donors (Lipinski definition) is 2. The van der Waals surface area contributed by atoms with Crippen molar-refractivity contribution < 1.29 is 19.0 Å². The van der Waals surface area contributed by atoms with E-state index in [9.17, 15) is 14.3 Å². The quantitative estimate of drug-likeness (QED) is 0.329. The monoisotopic (exact) mass is 457 g/mol. The smallest absolute Gasteiger partial charge is 0.335 e. The second-order valence-electron chi connectivity index (χ2n) is 8.98. The van der Waals surface area contributed by atoms with Crippen molar-refractivity contribution in [3.05, 3.63) is 83.9 Å². The van der Waals surface area contributed by atoms with Gasteiger partial charge in [0.25, 0.3) is 0 Å². The average molecular weight is 458 g/mol. The Bertz CT molecular complexity index is 1510. The summed E-state index contributed by atoms with van der Waals surface area (Å²) < 4.78 is 21.7. The molecule has 0 fully saturated rings. The number of nitrogens with one attached hydrogen (secondary N) is 1. The molecular formula is C27H24FN3O3. The van der Waals surface area contributed by atoms with E-state index in [1.165, 1.54) is 12.1 Å². The molecule has 2 heterocycles. The first-order valence-electron chi connectivity index (χ1n) is 10.9. The Kier molecular flexibility index (Phi) is 5.21. The lowest BCUT2D eigenvalue weighted by Crippen LogP contribution is -2.27. The number of benzene rings is 3. The van der Waals surface area contributed by atoms with E-state index in [0.717, 1.165) is 44.3 Å². The van der Waals surface area contributed by atoms with Gasteiger partial charge in [0.15, 0.2) is 0 Å². The molecule has 5 rings (SSSR count). The minimum atomic E-state index is -0.972. The van der Waals surface area contributed by atoms with Gasteiger partial charge in [-0.05, 0) is 67.9 Å². The second-order valence-corrected chi connectivity index (χ2v) is 8.98. The van der Waals surface area contributed by atoms with Crippen LogP contribution in [-0.4, -0.2) is 38.6 Å². The van der Waals surface area contributed by atoms with E-state index in [0.29, 0.717) is 6.42 Å². The number of hydrogen-bond acceptors (Lipinski definition) is 3. The zero-order valence-electron chi connectivity index (χ0n) is 19.1. The zero-order valence-corrected chi connectivity index (χ0v) is 19.1. The molecule has 0 spiro atoms. The highest BCUT2D eigenvalue weighted by Gasteiger charge is 2.27. The molecule has 0 aliphatic carbocycles. The number of nitrogens with zero attached hydrogens (tertiary/aromatic N) is 2. The lowest BCUT2D eigenvalue weighted by atomic mass is 9.94. The van der Waals surface area contributed by atoms with Gasteiger partial charge in [-0.2, -0.15) is 5.10 Å². The van der Waals surface area contributed by atoms with Crippen LogP contribution in [0.2, 0.25) is 0 Å². The average Bonchev–Trinajstić information content (AvgIpc) is 3.39. The molecular weight excluding hydrogens is 433 g/mol. The summed E-state index contributed by atoms with van der Waals surface area (Å²) in [6, 6.07) is 17.4. The van der Waals surface area contributed by atoms with Gasteiger partial charge in [0.2, 0.25) is 0 Å². The Morgan fingerprint density at radius 1 is 1.12 bits per heavy atom. The summed E-state index contributed by atoms with van der Waals surface area (Å²) in [7, 11) is 1.68. The summed E-state index contributed by atoms with van der Waals surface area (Å²) in [6.45, 7) is 4.04. The molecule has 0 amide bonds. The first-order valence-corrected chi connectivity index (χ1v) is 10.9. The fourth-order valence-electron chi connectivity index (χ4n) is 4.41. The van der Waals surface area contributed by atoms with E-state index < -0.39 is 11.6 Å². The number of rotatable bonds is 6. The molecule has 34 heavy (non-hydrogen) atoms. The molecule has 6 nitrogen and oxygen atoms in total. The number of carbonyl (C=O) groups is 1. The van der Waals surface area contributed by atoms with E-state index in [2.05, 4.69) is 26.9 Å². The third-order valence-electron chi connectivity index (χ3n) is 6.28. The van der Waals surface area contributed by atoms with Crippen molar-refractivity contribution in [2.24, 2.45) is 0 Å². The molecule has 2 N–H and O–H groups in total. The highest BCUT2D eigenvalue weighted by molar-refractivity contribution is 6.05. The first kappa shape index (κ1) is 21.9. The number of halogens is 1. The lowest BCUT2D eigenvalue weighted by Gasteiger charge is -2.25. The molecule has 0 unspecified atom stereocenters. The summed E-state index contributed by atoms with van der Waals surface area (Å²) in [5, 5.41) is 18.5. The Balaban J connectivity index is 1.89. The van der Waals surface area contributed by atoms with Crippen LogP contribution in [0, 0.1) is 5.82 Å². The van der Waals surface area contributed by atoms with Crippen LogP contribution in [0.25, 0.3) is 38.6 Å².